The molecular weight excluding hydrogens is 527 g/mol. The topological polar surface area (TPSA) is 84.9 Å². The number of nitrogens with one attached hydrogen (secondary N) is 1. The molecule has 0 bridgehead atoms. The van der Waals surface area contributed by atoms with E-state index in [9.17, 15) is 14.4 Å². The van der Waals surface area contributed by atoms with Crippen LogP contribution in [-0.2, 0) is 16.2 Å². The number of barbiturate groups is 1. The Bertz CT molecular complexity index is 1390. The van der Waals surface area contributed by atoms with E-state index >= 15 is 0 Å². The van der Waals surface area contributed by atoms with Crippen molar-refractivity contribution in [3.05, 3.63) is 92.4 Å². The maximum Gasteiger partial charge on any atom is 0.335 e. The van der Waals surface area contributed by atoms with E-state index in [2.05, 4.69) is 5.32 Å². The van der Waals surface area contributed by atoms with Gasteiger partial charge in [0.25, 0.3) is 11.8 Å². The second-order valence-corrected chi connectivity index (χ2v) is 8.84. The maximum atomic E-state index is 13.2. The van der Waals surface area contributed by atoms with Gasteiger partial charge in [0.15, 0.2) is 11.5 Å². The molecule has 1 aliphatic heterocycles. The number of carbonyl (C=O) groups is 3. The highest BCUT2D eigenvalue weighted by Crippen LogP contribution is 2.38. The summed E-state index contributed by atoms with van der Waals surface area (Å²) >= 11 is 18.7. The lowest BCUT2D eigenvalue weighted by Gasteiger charge is -2.27. The molecule has 4 amide bonds. The number of anilines is 1. The van der Waals surface area contributed by atoms with Gasteiger partial charge in [-0.3, -0.25) is 14.9 Å². The smallest absolute Gasteiger partial charge is 0.335 e. The Morgan fingerprint density at radius 1 is 0.917 bits per heavy atom. The predicted octanol–water partition coefficient (Wildman–Crippen LogP) is 6.29. The summed E-state index contributed by atoms with van der Waals surface area (Å²) < 4.78 is 11.6. The fourth-order valence-electron chi connectivity index (χ4n) is 3.53. The van der Waals surface area contributed by atoms with E-state index in [4.69, 9.17) is 44.3 Å². The quantitative estimate of drug-likeness (QED) is 0.279. The number of para-hydroxylation sites is 1. The average Bonchev–Trinajstić information content (AvgIpc) is 2.82. The standard InChI is InChI=1S/C26H19Cl3N2O5/c1-2-35-22-13-16(12-20(29)23(22)36-14-15-6-5-7-17(27)10-15)11-18-24(32)30-26(34)31(25(18)33)21-9-4-3-8-19(21)28/h3-13H,2,14H2,1H3,(H,30,32,34)/b18-11+. The number of amides is 4. The van der Waals surface area contributed by atoms with Crippen LogP contribution in [0.3, 0.4) is 0 Å². The number of rotatable bonds is 7. The summed E-state index contributed by atoms with van der Waals surface area (Å²) in [6.45, 7) is 2.31. The number of benzene rings is 3. The molecule has 0 saturated carbocycles. The van der Waals surface area contributed by atoms with Gasteiger partial charge in [-0.1, -0.05) is 59.1 Å². The van der Waals surface area contributed by atoms with Crippen molar-refractivity contribution in [2.45, 2.75) is 13.5 Å². The largest absolute Gasteiger partial charge is 0.490 e. The molecule has 0 unspecified atom stereocenters. The van der Waals surface area contributed by atoms with Crippen molar-refractivity contribution >= 4 is 64.4 Å². The van der Waals surface area contributed by atoms with Crippen LogP contribution in [0.15, 0.2) is 66.2 Å². The molecule has 1 heterocycles. The molecule has 7 nitrogen and oxygen atoms in total. The summed E-state index contributed by atoms with van der Waals surface area (Å²) in [4.78, 5) is 39.0. The minimum Gasteiger partial charge on any atom is -0.490 e. The van der Waals surface area contributed by atoms with Gasteiger partial charge >= 0.3 is 6.03 Å². The number of ether oxygens (including phenoxy) is 2. The maximum absolute atomic E-state index is 13.2. The van der Waals surface area contributed by atoms with Crippen molar-refractivity contribution in [2.24, 2.45) is 0 Å². The van der Waals surface area contributed by atoms with E-state index in [1.807, 2.05) is 12.1 Å². The highest BCUT2D eigenvalue weighted by atomic mass is 35.5. The van der Waals surface area contributed by atoms with Crippen molar-refractivity contribution in [2.75, 3.05) is 11.5 Å². The first kappa shape index (κ1) is 25.6. The molecule has 184 valence electrons. The van der Waals surface area contributed by atoms with Crippen LogP contribution in [0.25, 0.3) is 6.08 Å². The first-order valence-corrected chi connectivity index (χ1v) is 11.9. The number of nitrogens with zero attached hydrogens (tertiary/aromatic N) is 1. The molecule has 1 aliphatic rings. The van der Waals surface area contributed by atoms with E-state index < -0.39 is 17.8 Å². The molecule has 0 aromatic heterocycles. The van der Waals surface area contributed by atoms with E-state index in [1.54, 1.807) is 37.3 Å². The second-order valence-electron chi connectivity index (χ2n) is 7.59. The summed E-state index contributed by atoms with van der Waals surface area (Å²) in [5, 5.41) is 3.13. The van der Waals surface area contributed by atoms with Crippen LogP contribution < -0.4 is 19.7 Å². The fraction of sp³-hybridized carbons (Fsp3) is 0.115. The Kier molecular flexibility index (Phi) is 7.84. The van der Waals surface area contributed by atoms with Crippen molar-refractivity contribution in [1.29, 1.82) is 0 Å². The van der Waals surface area contributed by atoms with Crippen LogP contribution in [0.2, 0.25) is 15.1 Å². The van der Waals surface area contributed by atoms with Crippen molar-refractivity contribution in [3.63, 3.8) is 0 Å². The molecule has 1 N–H and O–H groups in total. The third-order valence-electron chi connectivity index (χ3n) is 5.11. The van der Waals surface area contributed by atoms with Gasteiger partial charge in [-0.2, -0.15) is 0 Å². The first-order chi connectivity index (χ1) is 17.3. The van der Waals surface area contributed by atoms with Crippen molar-refractivity contribution in [1.82, 2.24) is 5.32 Å². The highest BCUT2D eigenvalue weighted by molar-refractivity contribution is 6.42. The summed E-state index contributed by atoms with van der Waals surface area (Å²) in [7, 11) is 0. The Hall–Kier alpha value is -3.52. The molecule has 0 spiro atoms. The second kappa shape index (κ2) is 11.0. The molecule has 0 aliphatic carbocycles. The fourth-order valence-corrected chi connectivity index (χ4v) is 4.24. The minimum atomic E-state index is -0.895. The van der Waals surface area contributed by atoms with Crippen molar-refractivity contribution in [3.8, 4) is 11.5 Å². The number of urea groups is 1. The molecule has 3 aromatic carbocycles. The zero-order chi connectivity index (χ0) is 25.8. The molecule has 3 aromatic rings. The zero-order valence-corrected chi connectivity index (χ0v) is 21.2. The van der Waals surface area contributed by atoms with E-state index in [0.717, 1.165) is 10.5 Å². The van der Waals surface area contributed by atoms with Gasteiger partial charge in [0.2, 0.25) is 0 Å². The number of hydrogen-bond acceptors (Lipinski definition) is 5. The molecule has 36 heavy (non-hydrogen) atoms. The highest BCUT2D eigenvalue weighted by Gasteiger charge is 2.37. The Labute approximate surface area is 222 Å². The molecule has 0 atom stereocenters. The van der Waals surface area contributed by atoms with Crippen LogP contribution >= 0.6 is 34.8 Å². The van der Waals surface area contributed by atoms with E-state index in [-0.39, 0.29) is 27.9 Å². The monoisotopic (exact) mass is 544 g/mol. The first-order valence-electron chi connectivity index (χ1n) is 10.8. The van der Waals surface area contributed by atoms with Crippen LogP contribution in [-0.4, -0.2) is 24.5 Å². The van der Waals surface area contributed by atoms with E-state index in [0.29, 0.717) is 28.7 Å². The molecule has 1 fully saturated rings. The minimum absolute atomic E-state index is 0.151. The van der Waals surface area contributed by atoms with Crippen LogP contribution in [0, 0.1) is 0 Å². The summed E-state index contributed by atoms with van der Waals surface area (Å²) in [5.41, 5.74) is 1.10. The summed E-state index contributed by atoms with van der Waals surface area (Å²) in [6.07, 6.45) is 1.32. The SMILES string of the molecule is CCOc1cc(/C=C2\C(=O)NC(=O)N(c3ccccc3Cl)C2=O)cc(Cl)c1OCc1cccc(Cl)c1. The van der Waals surface area contributed by atoms with Gasteiger partial charge in [-0.15, -0.1) is 0 Å². The van der Waals surface area contributed by atoms with Gasteiger partial charge in [0.05, 0.1) is 22.3 Å². The predicted molar refractivity (Wildman–Crippen MR) is 139 cm³/mol. The number of imide groups is 2. The molecule has 4 rings (SSSR count). The third-order valence-corrected chi connectivity index (χ3v) is 5.95. The Balaban J connectivity index is 1.67. The summed E-state index contributed by atoms with van der Waals surface area (Å²) in [5.74, 6) is -1.05. The zero-order valence-electron chi connectivity index (χ0n) is 18.9. The van der Waals surface area contributed by atoms with Crippen molar-refractivity contribution < 1.29 is 23.9 Å². The van der Waals surface area contributed by atoms with Crippen LogP contribution in [0.4, 0.5) is 10.5 Å². The number of halogens is 3. The molecular formula is C26H19Cl3N2O5. The molecule has 0 radical (unpaired) electrons. The Morgan fingerprint density at radius 2 is 1.69 bits per heavy atom. The van der Waals surface area contributed by atoms with Gasteiger partial charge < -0.3 is 9.47 Å². The van der Waals surface area contributed by atoms with E-state index in [1.165, 1.54) is 24.3 Å². The number of hydrogen-bond donors (Lipinski definition) is 1. The third kappa shape index (κ3) is 5.49. The van der Waals surface area contributed by atoms with Gasteiger partial charge in [0.1, 0.15) is 12.2 Å². The Morgan fingerprint density at radius 3 is 2.42 bits per heavy atom. The lowest BCUT2D eigenvalue weighted by Crippen LogP contribution is -2.54. The van der Waals surface area contributed by atoms with Crippen LogP contribution in [0.5, 0.6) is 11.5 Å². The number of carbonyl (C=O) groups excluding carboxylic acids is 3. The lowest BCUT2D eigenvalue weighted by molar-refractivity contribution is -0.122. The van der Waals surface area contributed by atoms with Crippen LogP contribution in [0.1, 0.15) is 18.1 Å². The molecule has 10 heteroatoms. The van der Waals surface area contributed by atoms with Gasteiger partial charge in [0, 0.05) is 5.02 Å². The van der Waals surface area contributed by atoms with Gasteiger partial charge in [-0.05, 0) is 60.5 Å². The lowest BCUT2D eigenvalue weighted by atomic mass is 10.1. The summed E-state index contributed by atoms with van der Waals surface area (Å²) in [6, 6.07) is 15.7. The molecule has 1 saturated heterocycles. The average molecular weight is 546 g/mol. The normalized spacial score (nSPS) is 14.7. The van der Waals surface area contributed by atoms with Gasteiger partial charge in [-0.25, -0.2) is 9.69 Å².